The molecule has 0 aliphatic carbocycles. The van der Waals surface area contributed by atoms with Gasteiger partial charge in [-0.3, -0.25) is 19.2 Å². The van der Waals surface area contributed by atoms with E-state index in [9.17, 15) is 19.2 Å². The highest BCUT2D eigenvalue weighted by Gasteiger charge is 2.53. The van der Waals surface area contributed by atoms with Crippen molar-refractivity contribution in [2.45, 2.75) is 58.3 Å². The number of carbonyl (C=O) groups is 4. The van der Waals surface area contributed by atoms with E-state index in [0.29, 0.717) is 3.57 Å². The van der Waals surface area contributed by atoms with Gasteiger partial charge in [-0.05, 0) is 34.7 Å². The summed E-state index contributed by atoms with van der Waals surface area (Å²) in [5.74, 6) is -4.38. The van der Waals surface area contributed by atoms with E-state index in [1.165, 1.54) is 12.1 Å². The molecule has 0 radical (unpaired) electrons. The van der Waals surface area contributed by atoms with E-state index < -0.39 is 88.8 Å². The summed E-state index contributed by atoms with van der Waals surface area (Å²) in [5.41, 5.74) is 0. The second-order valence-electron chi connectivity index (χ2n) is 6.41. The summed E-state index contributed by atoms with van der Waals surface area (Å²) in [5, 5.41) is 0.0661. The normalized spacial score (nSPS) is 26.0. The fourth-order valence-corrected chi connectivity index (χ4v) is 4.46. The lowest BCUT2D eigenvalue weighted by Gasteiger charge is -2.44. The van der Waals surface area contributed by atoms with Crippen molar-refractivity contribution in [3.05, 3.63) is 25.7 Å². The van der Waals surface area contributed by atoms with Gasteiger partial charge in [0.15, 0.2) is 18.0 Å². The maximum atomic E-state index is 12.1. The van der Waals surface area contributed by atoms with Gasteiger partial charge in [0.1, 0.15) is 12.7 Å². The summed E-state index contributed by atoms with van der Waals surface area (Å²) >= 11 is 14.5. The molecule has 1 aliphatic rings. The van der Waals surface area contributed by atoms with Crippen LogP contribution in [-0.2, 0) is 42.9 Å². The Kier molecular flexibility index (Phi) is 7.91. The van der Waals surface area contributed by atoms with Gasteiger partial charge in [0, 0.05) is 36.7 Å². The number of rotatable bonds is 7. The van der Waals surface area contributed by atoms with Crippen LogP contribution in [0.5, 0.6) is 5.75 Å². The number of hydrogen-bond acceptors (Lipinski definition) is 10. The quantitative estimate of drug-likeness (QED) is 0.255. The van der Waals surface area contributed by atoms with E-state index in [0.717, 1.165) is 0 Å². The van der Waals surface area contributed by atoms with Crippen LogP contribution in [0.3, 0.4) is 0 Å². The maximum absolute atomic E-state index is 12.1. The molecule has 10 nitrogen and oxygen atoms in total. The van der Waals surface area contributed by atoms with Gasteiger partial charge in [-0.25, -0.2) is 0 Å². The van der Waals surface area contributed by atoms with Gasteiger partial charge in [-0.2, -0.15) is 0 Å². The Hall–Kier alpha value is -1.83. The van der Waals surface area contributed by atoms with Gasteiger partial charge in [-0.15, -0.1) is 0 Å². The molecule has 1 saturated heterocycles. The largest absolute Gasteiger partial charge is 0.463 e. The van der Waals surface area contributed by atoms with E-state index in [-0.39, 0.29) is 15.8 Å². The van der Waals surface area contributed by atoms with E-state index >= 15 is 0 Å². The summed E-state index contributed by atoms with van der Waals surface area (Å²) in [6, 6.07) is 3.00. The molecule has 1 aromatic carbocycles. The first-order valence-corrected chi connectivity index (χ1v) is 10.8. The molecule has 5 atom stereocenters. The smallest absolute Gasteiger partial charge is 0.303 e. The second kappa shape index (κ2) is 12.0. The van der Waals surface area contributed by atoms with E-state index in [1.807, 2.05) is 22.6 Å². The van der Waals surface area contributed by atoms with E-state index in [2.05, 4.69) is 0 Å². The fraction of sp³-hybridized carbons (Fsp3) is 0.500. The number of hydrogen-bond donors (Lipinski definition) is 0. The predicted octanol–water partition coefficient (Wildman–Crippen LogP) is 3.06. The highest BCUT2D eigenvalue weighted by atomic mass is 127. The van der Waals surface area contributed by atoms with Crippen LogP contribution in [0, 0.1) is 3.57 Å². The van der Waals surface area contributed by atoms with Gasteiger partial charge >= 0.3 is 23.9 Å². The molecule has 0 bridgehead atoms. The van der Waals surface area contributed by atoms with Crippen LogP contribution in [0.4, 0.5) is 0 Å². The Bertz CT molecular complexity index is 981. The van der Waals surface area contributed by atoms with Crippen LogP contribution in [-0.4, -0.2) is 61.2 Å². The van der Waals surface area contributed by atoms with Crippen LogP contribution in [0.25, 0.3) is 0 Å². The molecule has 1 heterocycles. The maximum Gasteiger partial charge on any atom is 0.303 e. The second-order valence-corrected chi connectivity index (χ2v) is 8.47. The highest BCUT2D eigenvalue weighted by molar-refractivity contribution is 14.1. The van der Waals surface area contributed by atoms with Crippen molar-refractivity contribution in [1.29, 1.82) is 0 Å². The lowest BCUT2D eigenvalue weighted by molar-refractivity contribution is -0.288. The lowest BCUT2D eigenvalue weighted by Crippen LogP contribution is -2.63. The van der Waals surface area contributed by atoms with Gasteiger partial charge in [0.05, 0.1) is 10.0 Å². The SMILES string of the molecule is [2H]CC(=O)OC[C@H]1OC(Oc2c(Cl)cc(I)cc2Cl)[C@@H](OC(=O)C[2H])[C@@H](OC(=O)C[2H])[C@@H]1OC(=O)C[2H]. The van der Waals surface area contributed by atoms with Gasteiger partial charge in [0.2, 0.25) is 12.4 Å². The zero-order valence-corrected chi connectivity index (χ0v) is 20.5. The highest BCUT2D eigenvalue weighted by Crippen LogP contribution is 2.38. The molecule has 1 aliphatic heterocycles. The number of halogens is 3. The van der Waals surface area contributed by atoms with Crippen LogP contribution in [0.15, 0.2) is 12.1 Å². The zero-order valence-electron chi connectivity index (χ0n) is 20.8. The molecule has 0 aromatic heterocycles. The standard InChI is InChI=1S/C20H21Cl2IO10/c1-8(24)28-7-15-17(29-9(2)25)18(30-10(3)26)19(31-11(4)27)20(32-15)33-16-13(21)5-12(23)6-14(16)22/h5-6,15,17-20H,7H2,1-4H3/t15-,17-,18+,19+,20?/m1/s1/i1D,2D,3D,4D. The van der Waals surface area contributed by atoms with Crippen molar-refractivity contribution in [3.8, 4) is 5.75 Å². The van der Waals surface area contributed by atoms with E-state index in [1.54, 1.807) is 0 Å². The molecule has 13 heteroatoms. The average molecular weight is 623 g/mol. The monoisotopic (exact) mass is 622 g/mol. The fourth-order valence-electron chi connectivity index (χ4n) is 2.90. The molecule has 182 valence electrons. The summed E-state index contributed by atoms with van der Waals surface area (Å²) in [6.45, 7) is -3.93. The minimum atomic E-state index is -1.69. The number of esters is 4. The lowest BCUT2D eigenvalue weighted by atomic mass is 9.98. The molecular formula is C20H21Cl2IO10. The third-order valence-corrected chi connectivity index (χ3v) is 5.18. The molecule has 0 N–H and O–H groups in total. The van der Waals surface area contributed by atoms with Crippen molar-refractivity contribution in [3.63, 3.8) is 0 Å². The van der Waals surface area contributed by atoms with Gasteiger partial charge in [-0.1, -0.05) is 23.2 Å². The molecule has 2 rings (SSSR count). The molecule has 0 saturated carbocycles. The Labute approximate surface area is 218 Å². The molecule has 1 unspecified atom stereocenters. The van der Waals surface area contributed by atoms with Gasteiger partial charge < -0.3 is 28.4 Å². The predicted molar refractivity (Wildman–Crippen MR) is 122 cm³/mol. The summed E-state index contributed by atoms with van der Waals surface area (Å²) in [7, 11) is 0. The van der Waals surface area contributed by atoms with Crippen LogP contribution in [0.1, 0.15) is 33.1 Å². The first-order chi connectivity index (χ1) is 17.5. The number of carbonyl (C=O) groups excluding carboxylic acids is 4. The molecule has 1 fully saturated rings. The first kappa shape index (κ1) is 21.7. The summed E-state index contributed by atoms with van der Waals surface area (Å²) in [6.07, 6.45) is -8.08. The third kappa shape index (κ3) is 7.87. The van der Waals surface area contributed by atoms with Crippen molar-refractivity contribution in [2.24, 2.45) is 0 Å². The minimum Gasteiger partial charge on any atom is -0.463 e. The Morgan fingerprint density at radius 2 is 1.42 bits per heavy atom. The summed E-state index contributed by atoms with van der Waals surface area (Å²) < 4.78 is 61.9. The van der Waals surface area contributed by atoms with Gasteiger partial charge in [0.25, 0.3) is 0 Å². The van der Waals surface area contributed by atoms with Crippen LogP contribution >= 0.6 is 45.8 Å². The van der Waals surface area contributed by atoms with E-state index in [4.69, 9.17) is 57.1 Å². The Morgan fingerprint density at radius 3 is 1.97 bits per heavy atom. The van der Waals surface area contributed by atoms with Crippen molar-refractivity contribution < 1.29 is 53.1 Å². The van der Waals surface area contributed by atoms with Crippen LogP contribution in [0.2, 0.25) is 10.0 Å². The molecule has 0 spiro atoms. The molecule has 1 aromatic rings. The average Bonchev–Trinajstić information content (AvgIpc) is 2.87. The number of ether oxygens (including phenoxy) is 6. The summed E-state index contributed by atoms with van der Waals surface area (Å²) in [4.78, 5) is 47.8. The zero-order chi connectivity index (χ0) is 27.7. The Balaban J connectivity index is 2.58. The van der Waals surface area contributed by atoms with Crippen LogP contribution < -0.4 is 4.74 Å². The topological polar surface area (TPSA) is 124 Å². The third-order valence-electron chi connectivity index (χ3n) is 4.00. The number of benzene rings is 1. The molecule has 0 amide bonds. The first-order valence-electron chi connectivity index (χ1n) is 11.7. The molecular weight excluding hydrogens is 598 g/mol. The minimum absolute atomic E-state index is 0.0331. The van der Waals surface area contributed by atoms with Crippen molar-refractivity contribution in [2.75, 3.05) is 6.61 Å². The molecule has 33 heavy (non-hydrogen) atoms. The Morgan fingerprint density at radius 1 is 0.909 bits per heavy atom. The van der Waals surface area contributed by atoms with Crippen molar-refractivity contribution in [1.82, 2.24) is 0 Å². The van der Waals surface area contributed by atoms with Crippen molar-refractivity contribution >= 4 is 69.7 Å².